The molecule has 1 rings (SSSR count). The van der Waals surface area contributed by atoms with E-state index in [0.29, 0.717) is 5.75 Å². The molecule has 1 N–H and O–H groups in total. The van der Waals surface area contributed by atoms with Crippen LogP contribution in [0.5, 0.6) is 5.75 Å². The molecular formula is C15H22GeNO. The van der Waals surface area contributed by atoms with Crippen molar-refractivity contribution in [2.24, 2.45) is 3.95 Å². The Morgan fingerprint density at radius 2 is 1.61 bits per heavy atom. The van der Waals surface area contributed by atoms with E-state index < -0.39 is 0 Å². The van der Waals surface area contributed by atoms with Gasteiger partial charge in [0.2, 0.25) is 0 Å². The fourth-order valence-corrected chi connectivity index (χ4v) is 2.12. The molecule has 0 saturated carbocycles. The SMILES string of the molecule is CC(C)(C)c1cc(C=[N][Ge])c(O)c(C(C)(C)C)c1. The normalized spacial score (nSPS) is 13.3. The summed E-state index contributed by atoms with van der Waals surface area (Å²) in [6.45, 7) is 12.9. The van der Waals surface area contributed by atoms with Crippen molar-refractivity contribution in [3.8, 4) is 5.75 Å². The Morgan fingerprint density at radius 1 is 1.06 bits per heavy atom. The van der Waals surface area contributed by atoms with Crippen LogP contribution in [-0.2, 0) is 10.8 Å². The summed E-state index contributed by atoms with van der Waals surface area (Å²) in [5, 5.41) is 10.4. The zero-order chi connectivity index (χ0) is 14.1. The average Bonchev–Trinajstić information content (AvgIpc) is 2.17. The Bertz CT molecular complexity index is 465. The molecule has 0 aromatic heterocycles. The fraction of sp³-hybridized carbons (Fsp3) is 0.533. The predicted octanol–water partition coefficient (Wildman–Crippen LogP) is 3.49. The van der Waals surface area contributed by atoms with E-state index in [1.807, 2.05) is 6.07 Å². The van der Waals surface area contributed by atoms with Crippen LogP contribution in [0.2, 0.25) is 0 Å². The molecule has 1 aromatic rings. The summed E-state index contributed by atoms with van der Waals surface area (Å²) in [6.07, 6.45) is 1.72. The first-order valence-corrected chi connectivity index (χ1v) is 7.09. The molecule has 0 aliphatic rings. The molecule has 1 aromatic carbocycles. The minimum absolute atomic E-state index is 0.0596. The van der Waals surface area contributed by atoms with Gasteiger partial charge >= 0.3 is 119 Å². The van der Waals surface area contributed by atoms with E-state index >= 15 is 0 Å². The summed E-state index contributed by atoms with van der Waals surface area (Å²) < 4.78 is 4.03. The molecule has 0 atom stereocenters. The molecule has 3 radical (unpaired) electrons. The van der Waals surface area contributed by atoms with Gasteiger partial charge in [0, 0.05) is 0 Å². The molecular weight excluding hydrogens is 283 g/mol. The Morgan fingerprint density at radius 3 is 2.00 bits per heavy atom. The van der Waals surface area contributed by atoms with E-state index in [2.05, 4.69) is 51.6 Å². The average molecular weight is 305 g/mol. The number of aromatic hydroxyl groups is 1. The zero-order valence-electron chi connectivity index (χ0n) is 12.1. The number of benzene rings is 1. The van der Waals surface area contributed by atoms with Crippen molar-refractivity contribution in [2.45, 2.75) is 52.4 Å². The third-order valence-electron chi connectivity index (χ3n) is 3.02. The van der Waals surface area contributed by atoms with E-state index in [-0.39, 0.29) is 10.8 Å². The van der Waals surface area contributed by atoms with Crippen LogP contribution in [0.4, 0.5) is 0 Å². The summed E-state index contributed by atoms with van der Waals surface area (Å²) in [4.78, 5) is 0. The van der Waals surface area contributed by atoms with Gasteiger partial charge in [-0.05, 0) is 0 Å². The van der Waals surface area contributed by atoms with Crippen LogP contribution in [0.1, 0.15) is 58.2 Å². The Kier molecular flexibility index (Phi) is 4.31. The van der Waals surface area contributed by atoms with E-state index in [4.69, 9.17) is 0 Å². The maximum absolute atomic E-state index is 10.4. The molecule has 0 bridgehead atoms. The van der Waals surface area contributed by atoms with Crippen molar-refractivity contribution in [1.29, 1.82) is 0 Å². The Labute approximate surface area is 119 Å². The van der Waals surface area contributed by atoms with Crippen molar-refractivity contribution in [2.75, 3.05) is 0 Å². The molecule has 18 heavy (non-hydrogen) atoms. The Balaban J connectivity index is 3.57. The number of nitrogens with zero attached hydrogens (tertiary/aromatic N) is 1. The summed E-state index contributed by atoms with van der Waals surface area (Å²) >= 11 is 1.72. The molecule has 0 spiro atoms. The quantitative estimate of drug-likeness (QED) is 0.625. The van der Waals surface area contributed by atoms with Gasteiger partial charge in [0.1, 0.15) is 0 Å². The van der Waals surface area contributed by atoms with Gasteiger partial charge in [-0.1, -0.05) is 0 Å². The molecule has 2 nitrogen and oxygen atoms in total. The molecule has 0 aliphatic carbocycles. The summed E-state index contributed by atoms with van der Waals surface area (Å²) in [7, 11) is 0. The number of hydrogen-bond acceptors (Lipinski definition) is 2. The monoisotopic (exact) mass is 306 g/mol. The number of rotatable bonds is 1. The van der Waals surface area contributed by atoms with E-state index in [1.54, 1.807) is 23.0 Å². The van der Waals surface area contributed by atoms with Crippen LogP contribution >= 0.6 is 0 Å². The van der Waals surface area contributed by atoms with E-state index in [9.17, 15) is 5.11 Å². The van der Waals surface area contributed by atoms with E-state index in [0.717, 1.165) is 11.1 Å². The number of phenols is 1. The first kappa shape index (κ1) is 15.3. The van der Waals surface area contributed by atoms with Crippen molar-refractivity contribution in [1.82, 2.24) is 0 Å². The molecule has 0 fully saturated rings. The number of phenolic OH excluding ortho intramolecular Hbond substituents is 1. The van der Waals surface area contributed by atoms with Gasteiger partial charge in [-0.25, -0.2) is 0 Å². The standard InChI is InChI=1S/C15H22GeNO/c1-14(2,3)11-7-10(9-17-16)13(18)12(8-11)15(4,5)6/h7-9,18H,1-6H3. The van der Waals surface area contributed by atoms with Crippen LogP contribution in [0.15, 0.2) is 16.1 Å². The summed E-state index contributed by atoms with van der Waals surface area (Å²) in [5.74, 6) is 0.348. The van der Waals surface area contributed by atoms with Crippen molar-refractivity contribution < 1.29 is 5.11 Å². The topological polar surface area (TPSA) is 32.6 Å². The second-order valence-electron chi connectivity index (χ2n) is 6.72. The first-order valence-electron chi connectivity index (χ1n) is 6.15. The van der Waals surface area contributed by atoms with E-state index in [1.165, 1.54) is 5.56 Å². The van der Waals surface area contributed by atoms with Crippen LogP contribution in [0, 0.1) is 0 Å². The van der Waals surface area contributed by atoms with Crippen LogP contribution in [0.3, 0.4) is 0 Å². The summed E-state index contributed by atoms with van der Waals surface area (Å²) in [6, 6.07) is 4.14. The third-order valence-corrected chi connectivity index (χ3v) is 3.29. The Hall–Kier alpha value is -0.767. The molecule has 0 aliphatic heterocycles. The van der Waals surface area contributed by atoms with Gasteiger partial charge in [-0.3, -0.25) is 0 Å². The fourth-order valence-electron chi connectivity index (χ4n) is 1.83. The molecule has 97 valence electrons. The second kappa shape index (κ2) is 5.08. The van der Waals surface area contributed by atoms with Gasteiger partial charge in [0.25, 0.3) is 0 Å². The van der Waals surface area contributed by atoms with Crippen molar-refractivity contribution in [3.05, 3.63) is 28.8 Å². The maximum atomic E-state index is 10.4. The second-order valence-corrected chi connectivity index (χ2v) is 7.26. The van der Waals surface area contributed by atoms with Gasteiger partial charge < -0.3 is 0 Å². The number of hydrogen-bond donors (Lipinski definition) is 1. The summed E-state index contributed by atoms with van der Waals surface area (Å²) in [5.41, 5.74) is 2.98. The van der Waals surface area contributed by atoms with Gasteiger partial charge in [0.15, 0.2) is 0 Å². The zero-order valence-corrected chi connectivity index (χ0v) is 14.2. The third kappa shape index (κ3) is 3.38. The van der Waals surface area contributed by atoms with Gasteiger partial charge in [-0.15, -0.1) is 0 Å². The molecule has 0 saturated heterocycles. The molecule has 0 heterocycles. The first-order chi connectivity index (χ1) is 8.07. The van der Waals surface area contributed by atoms with Crippen LogP contribution in [-0.4, -0.2) is 28.1 Å². The molecule has 0 unspecified atom stereocenters. The minimum atomic E-state index is -0.0817. The molecule has 0 amide bonds. The van der Waals surface area contributed by atoms with Gasteiger partial charge in [0.05, 0.1) is 0 Å². The van der Waals surface area contributed by atoms with Crippen LogP contribution in [0.25, 0.3) is 0 Å². The van der Waals surface area contributed by atoms with Crippen LogP contribution < -0.4 is 0 Å². The predicted molar refractivity (Wildman–Crippen MR) is 78.9 cm³/mol. The van der Waals surface area contributed by atoms with Crippen molar-refractivity contribution in [3.63, 3.8) is 0 Å². The molecule has 3 heteroatoms. The van der Waals surface area contributed by atoms with Crippen molar-refractivity contribution >= 4 is 23.0 Å². The van der Waals surface area contributed by atoms with Gasteiger partial charge in [-0.2, -0.15) is 0 Å².